The van der Waals surface area contributed by atoms with Crippen molar-refractivity contribution in [1.82, 2.24) is 0 Å². The van der Waals surface area contributed by atoms with Crippen molar-refractivity contribution in [3.63, 3.8) is 0 Å². The Hall–Kier alpha value is -1.64. The number of hydrogen-bond acceptors (Lipinski definition) is 3. The molecule has 0 bridgehead atoms. The van der Waals surface area contributed by atoms with Crippen molar-refractivity contribution < 1.29 is 30.8 Å². The van der Waals surface area contributed by atoms with Gasteiger partial charge in [0.1, 0.15) is 5.82 Å². The molecule has 1 aromatic carbocycles. The smallest absolute Gasteiger partial charge is 0.305 e. The first kappa shape index (κ1) is 15.3. The van der Waals surface area contributed by atoms with Gasteiger partial charge in [0, 0.05) is 12.3 Å². The van der Waals surface area contributed by atoms with Crippen LogP contribution in [0.15, 0.2) is 18.2 Å². The highest BCUT2D eigenvalue weighted by Crippen LogP contribution is 2.40. The van der Waals surface area contributed by atoms with Gasteiger partial charge in [-0.2, -0.15) is 13.2 Å². The zero-order valence-corrected chi connectivity index (χ0v) is 11.9. The lowest BCUT2D eigenvalue weighted by Gasteiger charge is -2.24. The zero-order valence-electron chi connectivity index (χ0n) is 11.1. The molecule has 0 saturated carbocycles. The average Bonchev–Trinajstić information content (AvgIpc) is 2.79. The average molecular weight is 337 g/mol. The number of halogens is 4. The molecule has 9 heteroatoms. The number of carbonyl (C=O) groups is 1. The molecule has 3 rings (SSSR count). The zero-order chi connectivity index (χ0) is 16.3. The molecule has 4 nitrogen and oxygen atoms in total. The van der Waals surface area contributed by atoms with E-state index >= 15 is 0 Å². The molecular formula is C13H11F4NO3S. The van der Waals surface area contributed by atoms with Crippen LogP contribution in [0.25, 0.3) is 0 Å². The highest BCUT2D eigenvalue weighted by Gasteiger charge is 2.50. The maximum Gasteiger partial charge on any atom is 0.416 e. The Labute approximate surface area is 123 Å². The summed E-state index contributed by atoms with van der Waals surface area (Å²) in [5.41, 5.74) is -1.59. The van der Waals surface area contributed by atoms with Crippen LogP contribution in [0, 0.1) is 11.7 Å². The molecular weight excluding hydrogens is 326 g/mol. The molecule has 2 aliphatic heterocycles. The summed E-state index contributed by atoms with van der Waals surface area (Å²) in [6.07, 6.45) is -4.77. The van der Waals surface area contributed by atoms with Crippen molar-refractivity contribution >= 4 is 21.4 Å². The van der Waals surface area contributed by atoms with Crippen LogP contribution < -0.4 is 4.90 Å². The molecule has 0 spiro atoms. The standard InChI is InChI=1S/C13H11F4NO3S/c14-9-2-1-8(13(15,16)17)4-10(9)18-11-6-22(20,21)5-7(11)3-12(18)19/h1-2,4,7,11H,3,5-6H2/t7-,11-/m0/s1. The van der Waals surface area contributed by atoms with Gasteiger partial charge in [-0.3, -0.25) is 4.79 Å². The van der Waals surface area contributed by atoms with E-state index in [0.29, 0.717) is 18.2 Å². The van der Waals surface area contributed by atoms with Crippen molar-refractivity contribution in [2.45, 2.75) is 18.6 Å². The Balaban J connectivity index is 2.05. The largest absolute Gasteiger partial charge is 0.416 e. The van der Waals surface area contributed by atoms with Gasteiger partial charge in [0.05, 0.1) is 28.8 Å². The Morgan fingerprint density at radius 2 is 1.86 bits per heavy atom. The first-order valence-electron chi connectivity index (χ1n) is 6.48. The molecule has 2 saturated heterocycles. The highest BCUT2D eigenvalue weighted by molar-refractivity contribution is 7.91. The summed E-state index contributed by atoms with van der Waals surface area (Å²) in [7, 11) is -3.36. The summed E-state index contributed by atoms with van der Waals surface area (Å²) < 4.78 is 75.4. The topological polar surface area (TPSA) is 54.5 Å². The molecule has 120 valence electrons. The molecule has 0 radical (unpaired) electrons. The molecule has 0 aromatic heterocycles. The number of hydrogen-bond donors (Lipinski definition) is 0. The molecule has 22 heavy (non-hydrogen) atoms. The number of nitrogens with zero attached hydrogens (tertiary/aromatic N) is 1. The second-order valence-corrected chi connectivity index (χ2v) is 7.69. The maximum atomic E-state index is 13.9. The fourth-order valence-corrected chi connectivity index (χ4v) is 5.15. The third-order valence-electron chi connectivity index (χ3n) is 4.01. The molecule has 0 N–H and O–H groups in total. The summed E-state index contributed by atoms with van der Waals surface area (Å²) in [6.45, 7) is 0. The van der Waals surface area contributed by atoms with Gasteiger partial charge >= 0.3 is 6.18 Å². The van der Waals surface area contributed by atoms with Crippen molar-refractivity contribution in [2.24, 2.45) is 5.92 Å². The SMILES string of the molecule is O=C1C[C@H]2CS(=O)(=O)C[C@@H]2N1c1cc(C(F)(F)F)ccc1F. The molecule has 0 aliphatic carbocycles. The summed E-state index contributed by atoms with van der Waals surface area (Å²) >= 11 is 0. The fraction of sp³-hybridized carbons (Fsp3) is 0.462. The van der Waals surface area contributed by atoms with Crippen molar-refractivity contribution in [2.75, 3.05) is 16.4 Å². The molecule has 2 aliphatic rings. The first-order valence-corrected chi connectivity index (χ1v) is 8.30. The molecule has 0 unspecified atom stereocenters. The predicted octanol–water partition coefficient (Wildman–Crippen LogP) is 1.99. The number of anilines is 1. The van der Waals surface area contributed by atoms with Crippen LogP contribution in [0.1, 0.15) is 12.0 Å². The van der Waals surface area contributed by atoms with Gasteiger partial charge in [-0.15, -0.1) is 0 Å². The normalized spacial score (nSPS) is 27.3. The maximum absolute atomic E-state index is 13.9. The minimum atomic E-state index is -4.67. The number of amides is 1. The van der Waals surface area contributed by atoms with Crippen LogP contribution in [0.5, 0.6) is 0 Å². The minimum Gasteiger partial charge on any atom is -0.305 e. The molecule has 1 amide bonds. The van der Waals surface area contributed by atoms with Crippen molar-refractivity contribution in [1.29, 1.82) is 0 Å². The number of rotatable bonds is 1. The second kappa shape index (κ2) is 4.68. The van der Waals surface area contributed by atoms with E-state index in [2.05, 4.69) is 0 Å². The first-order chi connectivity index (χ1) is 10.1. The quantitative estimate of drug-likeness (QED) is 0.737. The van der Waals surface area contributed by atoms with Gasteiger partial charge in [-0.1, -0.05) is 0 Å². The van der Waals surface area contributed by atoms with E-state index in [4.69, 9.17) is 0 Å². The van der Waals surface area contributed by atoms with Gasteiger partial charge in [-0.05, 0) is 18.2 Å². The van der Waals surface area contributed by atoms with Crippen molar-refractivity contribution in [3.8, 4) is 0 Å². The monoisotopic (exact) mass is 337 g/mol. The number of alkyl halides is 3. The predicted molar refractivity (Wildman–Crippen MR) is 69.4 cm³/mol. The van der Waals surface area contributed by atoms with Crippen LogP contribution >= 0.6 is 0 Å². The van der Waals surface area contributed by atoms with Crippen LogP contribution in [-0.2, 0) is 20.8 Å². The fourth-order valence-electron chi connectivity index (χ4n) is 3.08. The molecule has 2 heterocycles. The summed E-state index contributed by atoms with van der Waals surface area (Å²) in [4.78, 5) is 12.9. The van der Waals surface area contributed by atoms with Gasteiger partial charge < -0.3 is 4.90 Å². The number of benzene rings is 1. The summed E-state index contributed by atoms with van der Waals surface area (Å²) in [5, 5.41) is 0. The Kier molecular flexibility index (Phi) is 3.24. The van der Waals surface area contributed by atoms with E-state index in [9.17, 15) is 30.8 Å². The Morgan fingerprint density at radius 3 is 2.50 bits per heavy atom. The summed E-state index contributed by atoms with van der Waals surface area (Å²) in [6, 6.07) is 0.987. The van der Waals surface area contributed by atoms with Crippen LogP contribution in [0.4, 0.5) is 23.2 Å². The Bertz CT molecular complexity index is 744. The van der Waals surface area contributed by atoms with E-state index in [-0.39, 0.29) is 17.9 Å². The van der Waals surface area contributed by atoms with Crippen LogP contribution in [0.3, 0.4) is 0 Å². The Morgan fingerprint density at radius 1 is 1.18 bits per heavy atom. The van der Waals surface area contributed by atoms with Gasteiger partial charge in [0.2, 0.25) is 5.91 Å². The lowest BCUT2D eigenvalue weighted by Crippen LogP contribution is -2.37. The molecule has 2 fully saturated rings. The third kappa shape index (κ3) is 2.47. The molecule has 1 aromatic rings. The number of fused-ring (bicyclic) bond motifs is 1. The number of sulfone groups is 1. The molecule has 2 atom stereocenters. The van der Waals surface area contributed by atoms with Gasteiger partial charge in [0.15, 0.2) is 9.84 Å². The lowest BCUT2D eigenvalue weighted by molar-refractivity contribution is -0.137. The lowest BCUT2D eigenvalue weighted by atomic mass is 10.0. The van der Waals surface area contributed by atoms with E-state index < -0.39 is 50.9 Å². The van der Waals surface area contributed by atoms with Gasteiger partial charge in [0.25, 0.3) is 0 Å². The van der Waals surface area contributed by atoms with Crippen LogP contribution in [0.2, 0.25) is 0 Å². The van der Waals surface area contributed by atoms with Gasteiger partial charge in [-0.25, -0.2) is 12.8 Å². The third-order valence-corrected chi connectivity index (χ3v) is 5.79. The van der Waals surface area contributed by atoms with Crippen LogP contribution in [-0.4, -0.2) is 31.9 Å². The van der Waals surface area contributed by atoms with E-state index in [1.165, 1.54) is 0 Å². The van der Waals surface area contributed by atoms with E-state index in [1.807, 2.05) is 0 Å². The summed E-state index contributed by atoms with van der Waals surface area (Å²) in [5.74, 6) is -2.57. The minimum absolute atomic E-state index is 0.0976. The highest BCUT2D eigenvalue weighted by atomic mass is 32.2. The van der Waals surface area contributed by atoms with Crippen molar-refractivity contribution in [3.05, 3.63) is 29.6 Å². The van der Waals surface area contributed by atoms with E-state index in [0.717, 1.165) is 4.90 Å². The van der Waals surface area contributed by atoms with E-state index in [1.54, 1.807) is 0 Å². The second-order valence-electron chi connectivity index (χ2n) is 5.54. The number of carbonyl (C=O) groups excluding carboxylic acids is 1.